The van der Waals surface area contributed by atoms with E-state index in [1.165, 1.54) is 11.1 Å². The van der Waals surface area contributed by atoms with Crippen LogP contribution in [0.5, 0.6) is 0 Å². The summed E-state index contributed by atoms with van der Waals surface area (Å²) in [5, 5.41) is 0. The van der Waals surface area contributed by atoms with Crippen molar-refractivity contribution in [1.82, 2.24) is 0 Å². The van der Waals surface area contributed by atoms with Gasteiger partial charge >= 0.3 is 17.1 Å². The molecule has 2 aromatic rings. The third kappa shape index (κ3) is 2.55. The SMILES string of the molecule is CC(C)(c1ccccc1)c1ccccc1.[Fe+3]. The fraction of sp³-hybridized carbons (Fsp3) is 0.200. The van der Waals surface area contributed by atoms with Gasteiger partial charge in [0.1, 0.15) is 0 Å². The molecule has 1 radical (unpaired) electrons. The first-order chi connectivity index (χ1) is 7.21. The van der Waals surface area contributed by atoms with Crippen LogP contribution in [0.3, 0.4) is 0 Å². The molecule has 0 bridgehead atoms. The molecule has 0 amide bonds. The average molecular weight is 252 g/mol. The predicted octanol–water partition coefficient (Wildman–Crippen LogP) is 4.01. The smallest absolute Gasteiger partial charge is 0.0622 e. The summed E-state index contributed by atoms with van der Waals surface area (Å²) in [4.78, 5) is 0. The van der Waals surface area contributed by atoms with Crippen LogP contribution in [0, 0.1) is 0 Å². The van der Waals surface area contributed by atoms with Gasteiger partial charge in [-0.2, -0.15) is 0 Å². The summed E-state index contributed by atoms with van der Waals surface area (Å²) >= 11 is 0. The van der Waals surface area contributed by atoms with Crippen LogP contribution in [-0.2, 0) is 22.5 Å². The molecule has 16 heavy (non-hydrogen) atoms. The molecule has 0 saturated carbocycles. The van der Waals surface area contributed by atoms with Gasteiger partial charge in [0.2, 0.25) is 0 Å². The minimum atomic E-state index is 0. The maximum atomic E-state index is 2.26. The summed E-state index contributed by atoms with van der Waals surface area (Å²) in [5.41, 5.74) is 2.80. The minimum absolute atomic E-state index is 0. The van der Waals surface area contributed by atoms with Gasteiger partial charge in [-0.15, -0.1) is 0 Å². The van der Waals surface area contributed by atoms with Crippen LogP contribution in [0.25, 0.3) is 0 Å². The molecular weight excluding hydrogens is 236 g/mol. The quantitative estimate of drug-likeness (QED) is 0.708. The maximum Gasteiger partial charge on any atom is 3.00 e. The van der Waals surface area contributed by atoms with Crippen molar-refractivity contribution >= 4 is 0 Å². The second-order valence-corrected chi connectivity index (χ2v) is 4.36. The first-order valence-electron chi connectivity index (χ1n) is 5.32. The summed E-state index contributed by atoms with van der Waals surface area (Å²) in [7, 11) is 0. The van der Waals surface area contributed by atoms with Crippen molar-refractivity contribution in [3.05, 3.63) is 71.8 Å². The van der Waals surface area contributed by atoms with Gasteiger partial charge in [0.15, 0.2) is 0 Å². The van der Waals surface area contributed by atoms with E-state index in [0.717, 1.165) is 0 Å². The molecule has 0 aliphatic carbocycles. The molecule has 0 aliphatic rings. The van der Waals surface area contributed by atoms with Crippen LogP contribution < -0.4 is 0 Å². The Balaban J connectivity index is 0.00000128. The van der Waals surface area contributed by atoms with Crippen LogP contribution in [0.4, 0.5) is 0 Å². The Morgan fingerprint density at radius 3 is 1.25 bits per heavy atom. The second kappa shape index (κ2) is 5.34. The van der Waals surface area contributed by atoms with Crippen LogP contribution in [0.1, 0.15) is 25.0 Å². The molecule has 2 rings (SSSR count). The normalized spacial score (nSPS) is 10.6. The molecule has 0 fully saturated rings. The molecular formula is C15H16Fe+3. The van der Waals surface area contributed by atoms with Gasteiger partial charge < -0.3 is 0 Å². The summed E-state index contributed by atoms with van der Waals surface area (Å²) in [6, 6.07) is 21.3. The molecule has 81 valence electrons. The zero-order valence-corrected chi connectivity index (χ0v) is 10.7. The molecule has 0 atom stereocenters. The molecule has 0 saturated heterocycles. The van der Waals surface area contributed by atoms with Gasteiger partial charge in [-0.05, 0) is 11.1 Å². The molecule has 2 aromatic carbocycles. The van der Waals surface area contributed by atoms with Gasteiger partial charge in [0, 0.05) is 5.41 Å². The van der Waals surface area contributed by atoms with E-state index in [1.54, 1.807) is 0 Å². The van der Waals surface area contributed by atoms with Crippen molar-refractivity contribution in [1.29, 1.82) is 0 Å². The van der Waals surface area contributed by atoms with Crippen LogP contribution in [0.15, 0.2) is 60.7 Å². The topological polar surface area (TPSA) is 0 Å². The van der Waals surface area contributed by atoms with Gasteiger partial charge in [0.05, 0.1) is 0 Å². The Morgan fingerprint density at radius 1 is 0.625 bits per heavy atom. The summed E-state index contributed by atoms with van der Waals surface area (Å²) in [6.07, 6.45) is 0. The minimum Gasteiger partial charge on any atom is -0.0622 e. The molecule has 0 nitrogen and oxygen atoms in total. The third-order valence-corrected chi connectivity index (χ3v) is 2.99. The fourth-order valence-corrected chi connectivity index (χ4v) is 1.88. The van der Waals surface area contributed by atoms with Crippen molar-refractivity contribution < 1.29 is 17.1 Å². The van der Waals surface area contributed by atoms with E-state index in [0.29, 0.717) is 0 Å². The van der Waals surface area contributed by atoms with E-state index < -0.39 is 0 Å². The third-order valence-electron chi connectivity index (χ3n) is 2.99. The summed E-state index contributed by atoms with van der Waals surface area (Å²) in [5.74, 6) is 0. The number of benzene rings is 2. The van der Waals surface area contributed by atoms with Crippen LogP contribution in [0.2, 0.25) is 0 Å². The first kappa shape index (κ1) is 13.0. The van der Waals surface area contributed by atoms with Crippen molar-refractivity contribution in [2.75, 3.05) is 0 Å². The van der Waals surface area contributed by atoms with E-state index >= 15 is 0 Å². The maximum absolute atomic E-state index is 2.26. The molecule has 0 spiro atoms. The van der Waals surface area contributed by atoms with Crippen molar-refractivity contribution in [2.45, 2.75) is 19.3 Å². The molecule has 0 N–H and O–H groups in total. The van der Waals surface area contributed by atoms with E-state index in [1.807, 2.05) is 0 Å². The Morgan fingerprint density at radius 2 is 0.938 bits per heavy atom. The van der Waals surface area contributed by atoms with Crippen molar-refractivity contribution in [3.63, 3.8) is 0 Å². The Hall–Kier alpha value is -1.04. The summed E-state index contributed by atoms with van der Waals surface area (Å²) < 4.78 is 0. The number of rotatable bonds is 2. The molecule has 0 unspecified atom stereocenters. The molecule has 1 heteroatoms. The van der Waals surface area contributed by atoms with Gasteiger partial charge in [-0.3, -0.25) is 0 Å². The van der Waals surface area contributed by atoms with E-state index in [4.69, 9.17) is 0 Å². The Bertz CT molecular complexity index is 376. The van der Waals surface area contributed by atoms with E-state index in [-0.39, 0.29) is 22.5 Å². The summed E-state index contributed by atoms with van der Waals surface area (Å²) in [6.45, 7) is 4.52. The van der Waals surface area contributed by atoms with Gasteiger partial charge in [-0.1, -0.05) is 74.5 Å². The van der Waals surface area contributed by atoms with E-state index in [9.17, 15) is 0 Å². The zero-order valence-electron chi connectivity index (χ0n) is 9.63. The van der Waals surface area contributed by atoms with Crippen molar-refractivity contribution in [3.8, 4) is 0 Å². The molecule has 0 aliphatic heterocycles. The van der Waals surface area contributed by atoms with Gasteiger partial charge in [0.25, 0.3) is 0 Å². The number of hydrogen-bond acceptors (Lipinski definition) is 0. The Labute approximate surface area is 108 Å². The van der Waals surface area contributed by atoms with E-state index in [2.05, 4.69) is 74.5 Å². The largest absolute Gasteiger partial charge is 3.00 e. The zero-order chi connectivity index (χ0) is 10.7. The molecule has 0 heterocycles. The standard InChI is InChI=1S/C15H16.Fe/c1-15(2,13-9-5-3-6-10-13)14-11-7-4-8-12-14;/h3-12H,1-2H3;/q;+3. The average Bonchev–Trinajstić information content (AvgIpc) is 2.31. The first-order valence-corrected chi connectivity index (χ1v) is 5.32. The van der Waals surface area contributed by atoms with Gasteiger partial charge in [-0.25, -0.2) is 0 Å². The predicted molar refractivity (Wildman–Crippen MR) is 65.0 cm³/mol. The Kier molecular flexibility index (Phi) is 4.34. The van der Waals surface area contributed by atoms with Crippen molar-refractivity contribution in [2.24, 2.45) is 0 Å². The monoisotopic (exact) mass is 252 g/mol. The second-order valence-electron chi connectivity index (χ2n) is 4.36. The number of hydrogen-bond donors (Lipinski definition) is 0. The van der Waals surface area contributed by atoms with Crippen LogP contribution >= 0.6 is 0 Å². The fourth-order valence-electron chi connectivity index (χ4n) is 1.88. The molecule has 0 aromatic heterocycles. The van der Waals surface area contributed by atoms with Crippen LogP contribution in [-0.4, -0.2) is 0 Å².